The summed E-state index contributed by atoms with van der Waals surface area (Å²) in [6.45, 7) is 4.57. The van der Waals surface area contributed by atoms with Gasteiger partial charge < -0.3 is 10.2 Å². The van der Waals surface area contributed by atoms with Gasteiger partial charge in [-0.3, -0.25) is 9.59 Å². The van der Waals surface area contributed by atoms with Crippen molar-refractivity contribution in [3.05, 3.63) is 0 Å². The molecule has 0 aromatic rings. The molecule has 0 amide bonds. The third-order valence-electron chi connectivity index (χ3n) is 11.3. The van der Waals surface area contributed by atoms with Crippen LogP contribution < -0.4 is 0 Å². The molecule has 0 bridgehead atoms. The molecule has 0 aromatic heterocycles. The molecule has 0 aromatic carbocycles. The van der Waals surface area contributed by atoms with Gasteiger partial charge in [-0.25, -0.2) is 0 Å². The number of rotatable bonds is 42. The Bertz CT molecular complexity index is 650. The van der Waals surface area contributed by atoms with Crippen LogP contribution in [0.5, 0.6) is 0 Å². The lowest BCUT2D eigenvalue weighted by molar-refractivity contribution is -0.151. The van der Waals surface area contributed by atoms with E-state index in [0.29, 0.717) is 12.8 Å². The Balaban J connectivity index is 3.89. The summed E-state index contributed by atoms with van der Waals surface area (Å²) in [6, 6.07) is 0. The molecule has 0 rings (SSSR count). The fourth-order valence-corrected chi connectivity index (χ4v) is 7.77. The van der Waals surface area contributed by atoms with E-state index in [1.165, 1.54) is 205 Å². The van der Waals surface area contributed by atoms with Crippen LogP contribution in [0, 0.1) is 5.41 Å². The Morgan fingerprint density at radius 1 is 0.327 bits per heavy atom. The minimum absolute atomic E-state index is 0.0373. The average Bonchev–Trinajstić information content (AvgIpc) is 3.09. The standard InChI is InChI=1S/C45H88O4/c1-3-5-7-9-11-13-15-17-19-21-23-25-27-29-31-33-35-37-40-45(44(48)49,42-39-43(46)47)41-38-36-34-32-30-28-26-24-22-20-18-16-14-12-10-8-6-4-2/h3-42H2,1-2H3,(H,46,47)(H,48,49). The molecule has 4 heteroatoms. The van der Waals surface area contributed by atoms with E-state index < -0.39 is 17.4 Å². The fraction of sp³-hybridized carbons (Fsp3) is 0.956. The van der Waals surface area contributed by atoms with E-state index in [4.69, 9.17) is 0 Å². The molecule has 4 nitrogen and oxygen atoms in total. The van der Waals surface area contributed by atoms with E-state index in [2.05, 4.69) is 13.8 Å². The van der Waals surface area contributed by atoms with E-state index in [9.17, 15) is 19.8 Å². The largest absolute Gasteiger partial charge is 0.481 e. The van der Waals surface area contributed by atoms with Gasteiger partial charge in [0.05, 0.1) is 5.41 Å². The maximum atomic E-state index is 12.5. The van der Waals surface area contributed by atoms with Gasteiger partial charge in [0.25, 0.3) is 0 Å². The average molecular weight is 693 g/mol. The number of aliphatic carboxylic acids is 2. The molecular weight excluding hydrogens is 604 g/mol. The first-order valence-corrected chi connectivity index (χ1v) is 22.4. The van der Waals surface area contributed by atoms with Crippen molar-refractivity contribution < 1.29 is 19.8 Å². The highest BCUT2D eigenvalue weighted by Gasteiger charge is 2.37. The first-order chi connectivity index (χ1) is 24.0. The summed E-state index contributed by atoms with van der Waals surface area (Å²) in [5, 5.41) is 19.6. The lowest BCUT2D eigenvalue weighted by Gasteiger charge is -2.29. The Hall–Kier alpha value is -1.06. The number of carboxylic acid groups (broad SMARTS) is 2. The van der Waals surface area contributed by atoms with Crippen LogP contribution in [0.25, 0.3) is 0 Å². The second kappa shape index (κ2) is 38.2. The maximum Gasteiger partial charge on any atom is 0.309 e. The third kappa shape index (κ3) is 33.8. The SMILES string of the molecule is CCCCCCCCCCCCCCCCCCCCC(CCCCCCCCCCCCCCCCCCCC)(CCC(=O)O)C(=O)O. The summed E-state index contributed by atoms with van der Waals surface area (Å²) in [5.41, 5.74) is -0.859. The summed E-state index contributed by atoms with van der Waals surface area (Å²) >= 11 is 0. The summed E-state index contributed by atoms with van der Waals surface area (Å²) in [6.07, 6.45) is 49.1. The highest BCUT2D eigenvalue weighted by Crippen LogP contribution is 2.37. The van der Waals surface area contributed by atoms with E-state index in [1.54, 1.807) is 0 Å². The van der Waals surface area contributed by atoms with Crippen molar-refractivity contribution in [3.8, 4) is 0 Å². The van der Waals surface area contributed by atoms with Crippen LogP contribution >= 0.6 is 0 Å². The van der Waals surface area contributed by atoms with Crippen molar-refractivity contribution in [2.75, 3.05) is 0 Å². The Morgan fingerprint density at radius 2 is 0.531 bits per heavy atom. The van der Waals surface area contributed by atoms with Crippen molar-refractivity contribution in [1.82, 2.24) is 0 Å². The second-order valence-corrected chi connectivity index (χ2v) is 16.0. The zero-order chi connectivity index (χ0) is 35.9. The smallest absolute Gasteiger partial charge is 0.309 e. The van der Waals surface area contributed by atoms with E-state index in [1.807, 2.05) is 0 Å². The monoisotopic (exact) mass is 693 g/mol. The van der Waals surface area contributed by atoms with Crippen LogP contribution in [0.2, 0.25) is 0 Å². The number of carboxylic acids is 2. The summed E-state index contributed by atoms with van der Waals surface area (Å²) in [4.78, 5) is 23.8. The van der Waals surface area contributed by atoms with E-state index in [-0.39, 0.29) is 12.8 Å². The van der Waals surface area contributed by atoms with Crippen LogP contribution in [-0.4, -0.2) is 22.2 Å². The molecule has 0 atom stereocenters. The molecule has 0 fully saturated rings. The maximum absolute atomic E-state index is 12.5. The summed E-state index contributed by atoms with van der Waals surface area (Å²) in [5.74, 6) is -1.64. The van der Waals surface area contributed by atoms with Crippen LogP contribution in [0.3, 0.4) is 0 Å². The van der Waals surface area contributed by atoms with Gasteiger partial charge in [0.15, 0.2) is 0 Å². The molecule has 292 valence electrons. The first-order valence-electron chi connectivity index (χ1n) is 22.4. The zero-order valence-corrected chi connectivity index (χ0v) is 33.5. The van der Waals surface area contributed by atoms with Crippen molar-refractivity contribution in [2.45, 2.75) is 271 Å². The van der Waals surface area contributed by atoms with Crippen LogP contribution in [-0.2, 0) is 9.59 Å². The molecule has 0 unspecified atom stereocenters. The number of carbonyl (C=O) groups is 2. The summed E-state index contributed by atoms with van der Waals surface area (Å²) in [7, 11) is 0. The van der Waals surface area contributed by atoms with Gasteiger partial charge in [0.1, 0.15) is 0 Å². The molecule has 0 aliphatic heterocycles. The Kier molecular flexibility index (Phi) is 37.4. The summed E-state index contributed by atoms with van der Waals surface area (Å²) < 4.78 is 0. The molecule has 0 saturated heterocycles. The van der Waals surface area contributed by atoms with Gasteiger partial charge >= 0.3 is 11.9 Å². The first kappa shape index (κ1) is 47.9. The van der Waals surface area contributed by atoms with Gasteiger partial charge in [0.2, 0.25) is 0 Å². The Labute approximate surface area is 307 Å². The molecule has 0 saturated carbocycles. The van der Waals surface area contributed by atoms with Crippen LogP contribution in [0.15, 0.2) is 0 Å². The van der Waals surface area contributed by atoms with Crippen molar-refractivity contribution in [3.63, 3.8) is 0 Å². The predicted molar refractivity (Wildman–Crippen MR) is 214 cm³/mol. The molecule has 2 N–H and O–H groups in total. The van der Waals surface area contributed by atoms with Gasteiger partial charge in [-0.2, -0.15) is 0 Å². The van der Waals surface area contributed by atoms with E-state index in [0.717, 1.165) is 25.7 Å². The third-order valence-corrected chi connectivity index (χ3v) is 11.3. The second-order valence-electron chi connectivity index (χ2n) is 16.0. The topological polar surface area (TPSA) is 74.6 Å². The minimum Gasteiger partial charge on any atom is -0.481 e. The minimum atomic E-state index is -0.874. The van der Waals surface area contributed by atoms with Crippen molar-refractivity contribution in [2.24, 2.45) is 5.41 Å². The number of hydrogen-bond donors (Lipinski definition) is 2. The van der Waals surface area contributed by atoms with Crippen LogP contribution in [0.1, 0.15) is 271 Å². The van der Waals surface area contributed by atoms with Gasteiger partial charge in [-0.1, -0.05) is 245 Å². The molecule has 49 heavy (non-hydrogen) atoms. The lowest BCUT2D eigenvalue weighted by Crippen LogP contribution is -2.32. The molecule has 0 radical (unpaired) electrons. The van der Waals surface area contributed by atoms with Gasteiger partial charge in [0, 0.05) is 6.42 Å². The normalized spacial score (nSPS) is 11.8. The molecule has 0 heterocycles. The molecule has 0 aliphatic rings. The molecular formula is C45H88O4. The zero-order valence-electron chi connectivity index (χ0n) is 33.5. The Morgan fingerprint density at radius 3 is 0.714 bits per heavy atom. The highest BCUT2D eigenvalue weighted by molar-refractivity contribution is 5.76. The molecule has 0 aliphatic carbocycles. The number of hydrogen-bond acceptors (Lipinski definition) is 2. The van der Waals surface area contributed by atoms with Crippen LogP contribution in [0.4, 0.5) is 0 Å². The lowest BCUT2D eigenvalue weighted by atomic mass is 9.74. The van der Waals surface area contributed by atoms with Crippen molar-refractivity contribution in [1.29, 1.82) is 0 Å². The highest BCUT2D eigenvalue weighted by atomic mass is 16.4. The van der Waals surface area contributed by atoms with Crippen molar-refractivity contribution >= 4 is 11.9 Å². The quantitative estimate of drug-likeness (QED) is 0.0624. The number of unbranched alkanes of at least 4 members (excludes halogenated alkanes) is 34. The van der Waals surface area contributed by atoms with E-state index >= 15 is 0 Å². The fourth-order valence-electron chi connectivity index (χ4n) is 7.77. The molecule has 0 spiro atoms. The predicted octanol–water partition coefficient (Wildman–Crippen LogP) is 15.8. The van der Waals surface area contributed by atoms with Gasteiger partial charge in [-0.15, -0.1) is 0 Å². The van der Waals surface area contributed by atoms with Gasteiger partial charge in [-0.05, 0) is 19.3 Å².